The molecule has 0 fully saturated rings. The van der Waals surface area contributed by atoms with Gasteiger partial charge in [0.1, 0.15) is 17.6 Å². The zero-order chi connectivity index (χ0) is 12.5. The average Bonchev–Trinajstić information content (AvgIpc) is 3.04. The summed E-state index contributed by atoms with van der Waals surface area (Å²) in [7, 11) is 0. The number of hydrogen-bond donors (Lipinski definition) is 2. The molecule has 0 radical (unpaired) electrons. The van der Waals surface area contributed by atoms with Crippen LogP contribution < -0.4 is 5.32 Å². The van der Waals surface area contributed by atoms with Gasteiger partial charge in [0, 0.05) is 13.0 Å². The summed E-state index contributed by atoms with van der Waals surface area (Å²) < 4.78 is 5.63. The second-order valence-corrected chi connectivity index (χ2v) is 4.66. The third-order valence-electron chi connectivity index (χ3n) is 3.54. The van der Waals surface area contributed by atoms with Crippen LogP contribution in [0.2, 0.25) is 0 Å². The Balaban J connectivity index is 1.88. The first-order chi connectivity index (χ1) is 8.79. The Kier molecular flexibility index (Phi) is 2.94. The van der Waals surface area contributed by atoms with Gasteiger partial charge in [-0.1, -0.05) is 31.2 Å². The minimum atomic E-state index is -0.631. The van der Waals surface area contributed by atoms with E-state index >= 15 is 0 Å². The fourth-order valence-corrected chi connectivity index (χ4v) is 2.52. The number of rotatable bonds is 3. The summed E-state index contributed by atoms with van der Waals surface area (Å²) in [6.45, 7) is 2.84. The predicted octanol–water partition coefficient (Wildman–Crippen LogP) is 2.72. The summed E-state index contributed by atoms with van der Waals surface area (Å²) in [6.07, 6.45) is 0.218. The lowest BCUT2D eigenvalue weighted by Gasteiger charge is -2.17. The molecule has 1 aromatic heterocycles. The highest BCUT2D eigenvalue weighted by atomic mass is 16.4. The SMILES string of the molecule is CCc1ccc(C(O)C2NCc3ccccc32)o1. The molecule has 0 aliphatic carbocycles. The summed E-state index contributed by atoms with van der Waals surface area (Å²) in [4.78, 5) is 0. The maximum absolute atomic E-state index is 10.4. The van der Waals surface area contributed by atoms with Crippen LogP contribution >= 0.6 is 0 Å². The molecule has 0 bridgehead atoms. The highest BCUT2D eigenvalue weighted by Gasteiger charge is 2.30. The normalized spacial score (nSPS) is 19.8. The van der Waals surface area contributed by atoms with E-state index in [-0.39, 0.29) is 6.04 Å². The largest absolute Gasteiger partial charge is 0.463 e. The summed E-state index contributed by atoms with van der Waals surface area (Å²) >= 11 is 0. The molecule has 0 amide bonds. The van der Waals surface area contributed by atoms with Gasteiger partial charge in [-0.15, -0.1) is 0 Å². The Hall–Kier alpha value is -1.58. The molecule has 94 valence electrons. The molecule has 2 N–H and O–H groups in total. The zero-order valence-corrected chi connectivity index (χ0v) is 10.4. The van der Waals surface area contributed by atoms with Crippen molar-refractivity contribution in [2.24, 2.45) is 0 Å². The molecule has 2 atom stereocenters. The zero-order valence-electron chi connectivity index (χ0n) is 10.4. The lowest BCUT2D eigenvalue weighted by atomic mass is 9.99. The Bertz CT molecular complexity index is 547. The number of nitrogens with one attached hydrogen (secondary N) is 1. The lowest BCUT2D eigenvalue weighted by Crippen LogP contribution is -2.19. The molecular formula is C15H17NO2. The van der Waals surface area contributed by atoms with E-state index in [1.165, 1.54) is 11.1 Å². The van der Waals surface area contributed by atoms with E-state index in [1.54, 1.807) is 0 Å². The van der Waals surface area contributed by atoms with Crippen molar-refractivity contribution in [2.45, 2.75) is 32.0 Å². The maximum atomic E-state index is 10.4. The second-order valence-electron chi connectivity index (χ2n) is 4.66. The Morgan fingerprint density at radius 3 is 2.94 bits per heavy atom. The van der Waals surface area contributed by atoms with Gasteiger partial charge in [0.05, 0.1) is 6.04 Å². The summed E-state index contributed by atoms with van der Waals surface area (Å²) in [5.41, 5.74) is 2.42. The molecule has 3 rings (SSSR count). The highest BCUT2D eigenvalue weighted by molar-refractivity contribution is 5.35. The molecule has 0 saturated carbocycles. The van der Waals surface area contributed by atoms with Gasteiger partial charge in [0.2, 0.25) is 0 Å². The third-order valence-corrected chi connectivity index (χ3v) is 3.54. The van der Waals surface area contributed by atoms with Gasteiger partial charge in [-0.25, -0.2) is 0 Å². The van der Waals surface area contributed by atoms with E-state index in [9.17, 15) is 5.11 Å². The quantitative estimate of drug-likeness (QED) is 0.871. The topological polar surface area (TPSA) is 45.4 Å². The van der Waals surface area contributed by atoms with Gasteiger partial charge in [-0.2, -0.15) is 0 Å². The van der Waals surface area contributed by atoms with Gasteiger partial charge in [-0.3, -0.25) is 0 Å². The van der Waals surface area contributed by atoms with Crippen LogP contribution in [0.15, 0.2) is 40.8 Å². The first-order valence-corrected chi connectivity index (χ1v) is 6.37. The highest BCUT2D eigenvalue weighted by Crippen LogP contribution is 2.35. The van der Waals surface area contributed by atoms with Crippen molar-refractivity contribution in [3.05, 3.63) is 59.0 Å². The van der Waals surface area contributed by atoms with Gasteiger partial charge in [-0.05, 0) is 23.3 Å². The number of aliphatic hydroxyl groups excluding tert-OH is 1. The van der Waals surface area contributed by atoms with Crippen molar-refractivity contribution >= 4 is 0 Å². The summed E-state index contributed by atoms with van der Waals surface area (Å²) in [5, 5.41) is 13.8. The van der Waals surface area contributed by atoms with Crippen LogP contribution in [0.4, 0.5) is 0 Å². The van der Waals surface area contributed by atoms with Crippen molar-refractivity contribution < 1.29 is 9.52 Å². The molecule has 3 heteroatoms. The van der Waals surface area contributed by atoms with Crippen molar-refractivity contribution in [2.75, 3.05) is 0 Å². The molecule has 1 aliphatic heterocycles. The van der Waals surface area contributed by atoms with Crippen molar-refractivity contribution in [3.8, 4) is 0 Å². The van der Waals surface area contributed by atoms with Crippen LogP contribution in [0.25, 0.3) is 0 Å². The minimum absolute atomic E-state index is 0.0722. The molecule has 1 aromatic carbocycles. The molecule has 2 heterocycles. The van der Waals surface area contributed by atoms with Crippen LogP contribution in [-0.4, -0.2) is 5.11 Å². The van der Waals surface area contributed by atoms with Gasteiger partial charge in [0.25, 0.3) is 0 Å². The fraction of sp³-hybridized carbons (Fsp3) is 0.333. The number of fused-ring (bicyclic) bond motifs is 1. The molecule has 18 heavy (non-hydrogen) atoms. The maximum Gasteiger partial charge on any atom is 0.134 e. The molecule has 2 unspecified atom stereocenters. The third kappa shape index (κ3) is 1.85. The minimum Gasteiger partial charge on any atom is -0.463 e. The van der Waals surface area contributed by atoms with E-state index in [1.807, 2.05) is 31.2 Å². The average molecular weight is 243 g/mol. The van der Waals surface area contributed by atoms with E-state index in [4.69, 9.17) is 4.42 Å². The van der Waals surface area contributed by atoms with E-state index < -0.39 is 6.10 Å². The molecule has 3 nitrogen and oxygen atoms in total. The predicted molar refractivity (Wildman–Crippen MR) is 69.1 cm³/mol. The van der Waals surface area contributed by atoms with Crippen LogP contribution in [-0.2, 0) is 13.0 Å². The monoisotopic (exact) mass is 243 g/mol. The Labute approximate surface area is 106 Å². The van der Waals surface area contributed by atoms with Gasteiger partial charge < -0.3 is 14.8 Å². The van der Waals surface area contributed by atoms with Crippen molar-refractivity contribution in [1.29, 1.82) is 0 Å². The van der Waals surface area contributed by atoms with Gasteiger partial charge >= 0.3 is 0 Å². The molecule has 1 aliphatic rings. The van der Waals surface area contributed by atoms with Crippen LogP contribution in [0.5, 0.6) is 0 Å². The van der Waals surface area contributed by atoms with E-state index in [0.29, 0.717) is 5.76 Å². The molecule has 2 aromatic rings. The standard InChI is InChI=1S/C15H17NO2/c1-2-11-7-8-13(18-11)15(17)14-12-6-4-3-5-10(12)9-16-14/h3-8,14-17H,2,9H2,1H3. The summed E-state index contributed by atoms with van der Waals surface area (Å²) in [6, 6.07) is 11.9. The smallest absolute Gasteiger partial charge is 0.134 e. The molecular weight excluding hydrogens is 226 g/mol. The lowest BCUT2D eigenvalue weighted by molar-refractivity contribution is 0.108. The molecule has 0 saturated heterocycles. The van der Waals surface area contributed by atoms with Crippen molar-refractivity contribution in [3.63, 3.8) is 0 Å². The number of aliphatic hydroxyl groups is 1. The number of furan rings is 1. The van der Waals surface area contributed by atoms with E-state index in [2.05, 4.69) is 17.4 Å². The molecule has 0 spiro atoms. The van der Waals surface area contributed by atoms with Crippen LogP contribution in [0.1, 0.15) is 41.7 Å². The fourth-order valence-electron chi connectivity index (χ4n) is 2.52. The van der Waals surface area contributed by atoms with Crippen LogP contribution in [0, 0.1) is 0 Å². The van der Waals surface area contributed by atoms with Crippen LogP contribution in [0.3, 0.4) is 0 Å². The Morgan fingerprint density at radius 1 is 1.33 bits per heavy atom. The summed E-state index contributed by atoms with van der Waals surface area (Å²) in [5.74, 6) is 1.55. The Morgan fingerprint density at radius 2 is 2.17 bits per heavy atom. The number of aryl methyl sites for hydroxylation is 1. The van der Waals surface area contributed by atoms with E-state index in [0.717, 1.165) is 18.7 Å². The van der Waals surface area contributed by atoms with Gasteiger partial charge in [0.15, 0.2) is 0 Å². The number of benzene rings is 1. The first-order valence-electron chi connectivity index (χ1n) is 6.37. The van der Waals surface area contributed by atoms with Crippen molar-refractivity contribution in [1.82, 2.24) is 5.32 Å². The number of hydrogen-bond acceptors (Lipinski definition) is 3. The second kappa shape index (κ2) is 4.59. The first kappa shape index (κ1) is 11.5.